The molecule has 10 heteroatoms. The van der Waals surface area contributed by atoms with E-state index >= 15 is 0 Å². The van der Waals surface area contributed by atoms with E-state index in [0.29, 0.717) is 5.56 Å². The fraction of sp³-hybridized carbons (Fsp3) is 0.296. The van der Waals surface area contributed by atoms with Crippen molar-refractivity contribution in [3.05, 3.63) is 77.1 Å². The summed E-state index contributed by atoms with van der Waals surface area (Å²) in [6.07, 6.45) is -1.11. The van der Waals surface area contributed by atoms with Crippen molar-refractivity contribution in [2.45, 2.75) is 18.3 Å². The summed E-state index contributed by atoms with van der Waals surface area (Å²) in [6, 6.07) is 7.19. The van der Waals surface area contributed by atoms with Crippen LogP contribution < -0.4 is 14.2 Å². The number of aromatic hydroxyl groups is 2. The van der Waals surface area contributed by atoms with Crippen LogP contribution in [0.15, 0.2) is 66.0 Å². The van der Waals surface area contributed by atoms with Crippen LogP contribution in [-0.2, 0) is 4.74 Å². The highest BCUT2D eigenvalue weighted by molar-refractivity contribution is 6.06. The fourth-order valence-corrected chi connectivity index (χ4v) is 4.47. The van der Waals surface area contributed by atoms with Crippen LogP contribution in [0.25, 0.3) is 0 Å². The number of aliphatic hydroxyl groups excluding tert-OH is 3. The number of phenolic OH excluding ortho intramolecular Hbond substituents is 2. The minimum Gasteiger partial charge on any atom is -0.510 e. The zero-order valence-corrected chi connectivity index (χ0v) is 20.2. The molecule has 0 aliphatic carbocycles. The summed E-state index contributed by atoms with van der Waals surface area (Å²) in [5.41, 5.74) is 0.831. The number of carbonyl (C=O) groups is 1. The third-order valence-electron chi connectivity index (χ3n) is 6.43. The van der Waals surface area contributed by atoms with Crippen molar-refractivity contribution >= 4 is 5.78 Å². The third-order valence-corrected chi connectivity index (χ3v) is 6.43. The molecule has 0 radical (unpaired) electrons. The monoisotopic (exact) mass is 512 g/mol. The second kappa shape index (κ2) is 10.6. The summed E-state index contributed by atoms with van der Waals surface area (Å²) in [5, 5.41) is 52.1. The van der Waals surface area contributed by atoms with Gasteiger partial charge in [-0.3, -0.25) is 4.79 Å². The zero-order chi connectivity index (χ0) is 26.9. The lowest BCUT2D eigenvalue weighted by atomic mass is 9.81. The van der Waals surface area contributed by atoms with Crippen LogP contribution >= 0.6 is 0 Å². The molecule has 10 nitrogen and oxygen atoms in total. The number of allylic oxidation sites excluding steroid dienone is 2. The molecule has 2 aromatic carbocycles. The number of hydrogen-bond acceptors (Lipinski definition) is 10. The normalized spacial score (nSPS) is 26.8. The molecule has 0 amide bonds. The number of phenols is 2. The van der Waals surface area contributed by atoms with E-state index in [1.807, 2.05) is 0 Å². The Hall–Kier alpha value is -3.99. The van der Waals surface area contributed by atoms with E-state index in [1.54, 1.807) is 12.1 Å². The first-order valence-corrected chi connectivity index (χ1v) is 11.4. The second-order valence-electron chi connectivity index (χ2n) is 8.62. The van der Waals surface area contributed by atoms with Gasteiger partial charge >= 0.3 is 0 Å². The number of benzene rings is 2. The topological polar surface area (TPSA) is 155 Å². The molecule has 5 N–H and O–H groups in total. The summed E-state index contributed by atoms with van der Waals surface area (Å²) in [5.74, 6) is -1.84. The van der Waals surface area contributed by atoms with Gasteiger partial charge < -0.3 is 44.5 Å². The Morgan fingerprint density at radius 2 is 1.78 bits per heavy atom. The first kappa shape index (κ1) is 26.1. The Bertz CT molecular complexity index is 1280. The number of rotatable bonds is 5. The molecule has 0 bridgehead atoms. The highest BCUT2D eigenvalue weighted by Crippen LogP contribution is 2.43. The van der Waals surface area contributed by atoms with Crippen LogP contribution in [0.3, 0.4) is 0 Å². The third kappa shape index (κ3) is 4.86. The minimum atomic E-state index is -1.72. The number of methoxy groups -OCH3 is 2. The van der Waals surface area contributed by atoms with Crippen molar-refractivity contribution in [1.82, 2.24) is 0 Å². The number of Topliss-reactive ketones (excluding diaryl/α,β-unsaturated/α-hetero) is 1. The molecule has 4 atom stereocenters. The lowest BCUT2D eigenvalue weighted by molar-refractivity contribution is 0.00378. The van der Waals surface area contributed by atoms with Crippen LogP contribution in [-0.4, -0.2) is 71.0 Å². The summed E-state index contributed by atoms with van der Waals surface area (Å²) >= 11 is 0. The van der Waals surface area contributed by atoms with E-state index < -0.39 is 42.4 Å². The van der Waals surface area contributed by atoms with Gasteiger partial charge in [-0.05, 0) is 34.9 Å². The Kier molecular flexibility index (Phi) is 7.44. The summed E-state index contributed by atoms with van der Waals surface area (Å²) < 4.78 is 22.3. The molecule has 0 aromatic heterocycles. The van der Waals surface area contributed by atoms with E-state index in [1.165, 1.54) is 44.6 Å². The number of ether oxygens (including phenoxy) is 4. The SMILES string of the molecule is C=C1/C([C@H]2Oc3cc(OC)cc(O)c3C(=O)[C@@H]2O)=C\C=C(\O)CO[C@H](c2ccc(O)c(OC)c2)[C@H]1CO. The van der Waals surface area contributed by atoms with Gasteiger partial charge in [0.2, 0.25) is 5.78 Å². The van der Waals surface area contributed by atoms with Crippen LogP contribution in [0.2, 0.25) is 0 Å². The zero-order valence-electron chi connectivity index (χ0n) is 20.2. The molecule has 0 unspecified atom stereocenters. The van der Waals surface area contributed by atoms with Gasteiger partial charge in [-0.1, -0.05) is 18.7 Å². The number of carbonyl (C=O) groups excluding carboxylic acids is 1. The first-order chi connectivity index (χ1) is 17.7. The molecule has 37 heavy (non-hydrogen) atoms. The maximum Gasteiger partial charge on any atom is 0.202 e. The van der Waals surface area contributed by atoms with Gasteiger partial charge in [-0.25, -0.2) is 0 Å². The molecule has 2 aliphatic heterocycles. The van der Waals surface area contributed by atoms with E-state index in [9.17, 15) is 30.3 Å². The highest BCUT2D eigenvalue weighted by atomic mass is 16.5. The van der Waals surface area contributed by atoms with E-state index in [-0.39, 0.29) is 52.1 Å². The van der Waals surface area contributed by atoms with E-state index in [0.717, 1.165) is 0 Å². The molecule has 2 aromatic rings. The van der Waals surface area contributed by atoms with E-state index in [2.05, 4.69) is 6.58 Å². The maximum absolute atomic E-state index is 13.1. The van der Waals surface area contributed by atoms with Crippen molar-refractivity contribution in [1.29, 1.82) is 0 Å². The molecule has 0 spiro atoms. The molecule has 0 saturated carbocycles. The summed E-state index contributed by atoms with van der Waals surface area (Å²) in [7, 11) is 2.78. The van der Waals surface area contributed by atoms with Gasteiger partial charge in [0.05, 0.1) is 26.9 Å². The van der Waals surface area contributed by atoms with Crippen LogP contribution in [0.4, 0.5) is 0 Å². The number of fused-ring (bicyclic) bond motifs is 1. The van der Waals surface area contributed by atoms with Gasteiger partial charge in [-0.15, -0.1) is 0 Å². The summed E-state index contributed by atoms with van der Waals surface area (Å²) in [4.78, 5) is 13.1. The largest absolute Gasteiger partial charge is 0.510 e. The Morgan fingerprint density at radius 1 is 1.03 bits per heavy atom. The molecule has 2 aliphatic rings. The minimum absolute atomic E-state index is 0.00413. The number of aliphatic hydroxyl groups is 3. The Balaban J connectivity index is 1.78. The van der Waals surface area contributed by atoms with Crippen molar-refractivity contribution in [2.75, 3.05) is 27.4 Å². The smallest absolute Gasteiger partial charge is 0.202 e. The van der Waals surface area contributed by atoms with Gasteiger partial charge in [-0.2, -0.15) is 0 Å². The van der Waals surface area contributed by atoms with Crippen molar-refractivity contribution < 1.29 is 49.3 Å². The highest BCUT2D eigenvalue weighted by Gasteiger charge is 2.42. The van der Waals surface area contributed by atoms with Crippen LogP contribution in [0.5, 0.6) is 28.7 Å². The molecule has 4 rings (SSSR count). The van der Waals surface area contributed by atoms with Crippen molar-refractivity contribution in [3.63, 3.8) is 0 Å². The lowest BCUT2D eigenvalue weighted by Crippen LogP contribution is -2.44. The number of ketones is 1. The molecule has 196 valence electrons. The molecular formula is C27H28O10. The van der Waals surface area contributed by atoms with E-state index in [4.69, 9.17) is 18.9 Å². The average Bonchev–Trinajstić information content (AvgIpc) is 2.94. The second-order valence-corrected chi connectivity index (χ2v) is 8.62. The predicted octanol–water partition coefficient (Wildman–Crippen LogP) is 2.72. The maximum atomic E-state index is 13.1. The molecule has 0 saturated heterocycles. The van der Waals surface area contributed by atoms with Gasteiger partial charge in [0.1, 0.15) is 35.2 Å². The standard InChI is InChI=1S/C27H28O10/c1-13-17(27-25(33)24(32)23-20(31)9-16(34-2)10-22(23)37-27)6-5-15(29)12-36-26(18(13)11-28)14-4-7-19(30)21(8-14)35-3/h4-10,18,25-31,33H,1,11-12H2,2-3H3/b15-5+,17-6+/t18-,25-,26+,27+/m0/s1. The van der Waals surface area contributed by atoms with Gasteiger partial charge in [0.15, 0.2) is 23.7 Å². The number of hydrogen-bond donors (Lipinski definition) is 5. The fourth-order valence-electron chi connectivity index (χ4n) is 4.47. The van der Waals surface area contributed by atoms with Gasteiger partial charge in [0.25, 0.3) is 0 Å². The van der Waals surface area contributed by atoms with Crippen LogP contribution in [0.1, 0.15) is 22.0 Å². The van der Waals surface area contributed by atoms with Crippen molar-refractivity contribution in [3.8, 4) is 28.7 Å². The summed E-state index contributed by atoms with van der Waals surface area (Å²) in [6.45, 7) is 3.45. The van der Waals surface area contributed by atoms with Crippen molar-refractivity contribution in [2.24, 2.45) is 5.92 Å². The predicted molar refractivity (Wildman–Crippen MR) is 131 cm³/mol. The average molecular weight is 513 g/mol. The van der Waals surface area contributed by atoms with Crippen LogP contribution in [0, 0.1) is 5.92 Å². The first-order valence-electron chi connectivity index (χ1n) is 11.4. The Labute approximate surface area is 212 Å². The molecule has 2 heterocycles. The Morgan fingerprint density at radius 3 is 2.46 bits per heavy atom. The lowest BCUT2D eigenvalue weighted by Gasteiger charge is -2.35. The quantitative estimate of drug-likeness (QED) is 0.404. The molecular weight excluding hydrogens is 484 g/mol. The molecule has 0 fully saturated rings. The van der Waals surface area contributed by atoms with Gasteiger partial charge in [0, 0.05) is 18.1 Å².